The first-order chi connectivity index (χ1) is 8.54. The third-order valence-corrected chi connectivity index (χ3v) is 3.66. The fourth-order valence-electron chi connectivity index (χ4n) is 1.86. The van der Waals surface area contributed by atoms with Gasteiger partial charge in [0.2, 0.25) is 6.23 Å². The van der Waals surface area contributed by atoms with Crippen LogP contribution < -0.4 is 15.4 Å². The Morgan fingerprint density at radius 3 is 2.78 bits per heavy atom. The molecule has 1 atom stereocenters. The van der Waals surface area contributed by atoms with Gasteiger partial charge >= 0.3 is 6.03 Å². The number of fused-ring (bicyclic) bond motifs is 2. The molecule has 0 aliphatic carbocycles. The van der Waals surface area contributed by atoms with Crippen LogP contribution in [0.25, 0.3) is 6.08 Å². The van der Waals surface area contributed by atoms with E-state index < -0.39 is 18.2 Å². The van der Waals surface area contributed by atoms with Crippen molar-refractivity contribution in [1.29, 1.82) is 0 Å². The first-order valence-corrected chi connectivity index (χ1v) is 6.62. The summed E-state index contributed by atoms with van der Waals surface area (Å²) in [6.07, 6.45) is 0.963. The standard InChI is InChI=1S/C11H6Br2N2O3/c12-5-1-4-2-6-9(16)14-11(17)15-10(6)18-8(4)7(13)3-5/h1-3,10H,(H2,14,15,16,17). The lowest BCUT2D eigenvalue weighted by molar-refractivity contribution is -0.118. The molecule has 18 heavy (non-hydrogen) atoms. The van der Waals surface area contributed by atoms with E-state index in [1.54, 1.807) is 6.08 Å². The molecule has 0 spiro atoms. The van der Waals surface area contributed by atoms with Gasteiger partial charge in [0.05, 0.1) is 10.0 Å². The van der Waals surface area contributed by atoms with Crippen LogP contribution in [0.3, 0.4) is 0 Å². The number of carbonyl (C=O) groups is 2. The summed E-state index contributed by atoms with van der Waals surface area (Å²) in [5, 5.41) is 4.72. The van der Waals surface area contributed by atoms with Crippen molar-refractivity contribution in [2.75, 3.05) is 0 Å². The molecule has 2 aliphatic rings. The highest BCUT2D eigenvalue weighted by Gasteiger charge is 2.35. The highest BCUT2D eigenvalue weighted by molar-refractivity contribution is 9.11. The van der Waals surface area contributed by atoms with Gasteiger partial charge in [0.15, 0.2) is 0 Å². The van der Waals surface area contributed by atoms with Gasteiger partial charge in [-0.05, 0) is 34.1 Å². The lowest BCUT2D eigenvalue weighted by Crippen LogP contribution is -2.56. The molecule has 1 aromatic carbocycles. The van der Waals surface area contributed by atoms with Crippen LogP contribution in [0, 0.1) is 0 Å². The number of hydrogen-bond acceptors (Lipinski definition) is 3. The molecule has 0 aromatic heterocycles. The van der Waals surface area contributed by atoms with Crippen molar-refractivity contribution in [2.24, 2.45) is 0 Å². The summed E-state index contributed by atoms with van der Waals surface area (Å²) in [5.41, 5.74) is 1.15. The van der Waals surface area contributed by atoms with Gasteiger partial charge in [-0.25, -0.2) is 4.79 Å². The summed E-state index contributed by atoms with van der Waals surface area (Å²) < 4.78 is 7.25. The smallest absolute Gasteiger partial charge is 0.324 e. The van der Waals surface area contributed by atoms with E-state index in [0.29, 0.717) is 11.3 Å². The number of hydrogen-bond donors (Lipinski definition) is 2. The summed E-state index contributed by atoms with van der Waals surface area (Å²) in [6.45, 7) is 0. The molecule has 92 valence electrons. The van der Waals surface area contributed by atoms with E-state index in [-0.39, 0.29) is 0 Å². The second-order valence-corrected chi connectivity index (χ2v) is 5.60. The summed E-state index contributed by atoms with van der Waals surface area (Å²) in [6, 6.07) is 3.12. The van der Waals surface area contributed by atoms with Gasteiger partial charge in [0.1, 0.15) is 5.75 Å². The second kappa shape index (κ2) is 4.10. The number of imide groups is 1. The number of benzene rings is 1. The fraction of sp³-hybridized carbons (Fsp3) is 0.0909. The quantitative estimate of drug-likeness (QED) is 0.732. The van der Waals surface area contributed by atoms with Gasteiger partial charge in [-0.15, -0.1) is 0 Å². The molecule has 0 bridgehead atoms. The Morgan fingerprint density at radius 2 is 2.00 bits per heavy atom. The Morgan fingerprint density at radius 1 is 1.22 bits per heavy atom. The topological polar surface area (TPSA) is 67.4 Å². The van der Waals surface area contributed by atoms with Crippen molar-refractivity contribution in [3.05, 3.63) is 32.2 Å². The second-order valence-electron chi connectivity index (χ2n) is 3.83. The van der Waals surface area contributed by atoms with Crippen molar-refractivity contribution in [2.45, 2.75) is 6.23 Å². The molecule has 7 heteroatoms. The number of ether oxygens (including phenoxy) is 1. The van der Waals surface area contributed by atoms with Gasteiger partial charge in [-0.2, -0.15) is 0 Å². The van der Waals surface area contributed by atoms with Crippen LogP contribution in [-0.4, -0.2) is 18.2 Å². The van der Waals surface area contributed by atoms with Crippen molar-refractivity contribution in [3.8, 4) is 5.75 Å². The van der Waals surface area contributed by atoms with Gasteiger partial charge in [-0.1, -0.05) is 15.9 Å². The SMILES string of the molecule is O=C1NC(=O)C2=Cc3cc(Br)cc(Br)c3OC2N1. The summed E-state index contributed by atoms with van der Waals surface area (Å²) in [5.74, 6) is 0.160. The van der Waals surface area contributed by atoms with E-state index in [4.69, 9.17) is 4.74 Å². The highest BCUT2D eigenvalue weighted by atomic mass is 79.9. The molecule has 2 N–H and O–H groups in total. The highest BCUT2D eigenvalue weighted by Crippen LogP contribution is 2.38. The Labute approximate surface area is 119 Å². The summed E-state index contributed by atoms with van der Waals surface area (Å²) in [7, 11) is 0. The van der Waals surface area contributed by atoms with E-state index >= 15 is 0 Å². The first-order valence-electron chi connectivity index (χ1n) is 5.04. The monoisotopic (exact) mass is 372 g/mol. The Kier molecular flexibility index (Phi) is 2.67. The maximum atomic E-state index is 11.7. The van der Waals surface area contributed by atoms with Crippen molar-refractivity contribution in [1.82, 2.24) is 10.6 Å². The number of urea groups is 1. The molecule has 0 saturated carbocycles. The Hall–Kier alpha value is -1.34. The van der Waals surface area contributed by atoms with Crippen LogP contribution in [0.15, 0.2) is 26.7 Å². The average Bonchev–Trinajstić information content (AvgIpc) is 2.27. The van der Waals surface area contributed by atoms with Gasteiger partial charge in [0, 0.05) is 10.0 Å². The molecule has 2 aliphatic heterocycles. The molecule has 1 unspecified atom stereocenters. The van der Waals surface area contributed by atoms with Gasteiger partial charge in [0.25, 0.3) is 5.91 Å². The first kappa shape index (κ1) is 11.7. The number of rotatable bonds is 0. The molecule has 3 amide bonds. The van der Waals surface area contributed by atoms with E-state index in [1.165, 1.54) is 0 Å². The molecule has 0 radical (unpaired) electrons. The number of nitrogens with one attached hydrogen (secondary N) is 2. The maximum Gasteiger partial charge on any atom is 0.324 e. The Bertz CT molecular complexity index is 613. The van der Waals surface area contributed by atoms with Crippen LogP contribution in [-0.2, 0) is 4.79 Å². The normalized spacial score (nSPS) is 21.0. The Balaban J connectivity index is 2.13. The maximum absolute atomic E-state index is 11.7. The van der Waals surface area contributed by atoms with Gasteiger partial charge in [-0.3, -0.25) is 15.4 Å². The molecular weight excluding hydrogens is 368 g/mol. The molecule has 5 nitrogen and oxygen atoms in total. The minimum atomic E-state index is -0.740. The van der Waals surface area contributed by atoms with Crippen LogP contribution in [0.2, 0.25) is 0 Å². The predicted molar refractivity (Wildman–Crippen MR) is 70.9 cm³/mol. The third-order valence-electron chi connectivity index (χ3n) is 2.62. The lowest BCUT2D eigenvalue weighted by Gasteiger charge is -2.30. The van der Waals surface area contributed by atoms with Crippen molar-refractivity contribution >= 4 is 49.9 Å². The van der Waals surface area contributed by atoms with Crippen LogP contribution in [0.1, 0.15) is 5.56 Å². The zero-order chi connectivity index (χ0) is 12.9. The molecular formula is C11H6Br2N2O3. The van der Waals surface area contributed by atoms with E-state index in [2.05, 4.69) is 42.5 Å². The lowest BCUT2D eigenvalue weighted by atomic mass is 10.0. The van der Waals surface area contributed by atoms with E-state index in [9.17, 15) is 9.59 Å². The van der Waals surface area contributed by atoms with E-state index in [1.807, 2.05) is 12.1 Å². The summed E-state index contributed by atoms with van der Waals surface area (Å²) in [4.78, 5) is 22.9. The largest absolute Gasteiger partial charge is 0.464 e. The van der Waals surface area contributed by atoms with Crippen LogP contribution in [0.5, 0.6) is 5.75 Å². The minimum absolute atomic E-state index is 0.382. The van der Waals surface area contributed by atoms with Crippen molar-refractivity contribution < 1.29 is 14.3 Å². The molecule has 3 rings (SSSR count). The molecule has 1 aromatic rings. The van der Waals surface area contributed by atoms with Crippen molar-refractivity contribution in [3.63, 3.8) is 0 Å². The molecule has 2 heterocycles. The third kappa shape index (κ3) is 1.83. The zero-order valence-corrected chi connectivity index (χ0v) is 12.0. The number of halogens is 2. The predicted octanol–water partition coefficient (Wildman–Crippen LogP) is 2.15. The molecule has 1 saturated heterocycles. The van der Waals surface area contributed by atoms with Crippen LogP contribution in [0.4, 0.5) is 4.79 Å². The summed E-state index contributed by atoms with van der Waals surface area (Å²) >= 11 is 6.75. The van der Waals surface area contributed by atoms with Crippen LogP contribution >= 0.6 is 31.9 Å². The fourth-order valence-corrected chi connectivity index (χ4v) is 3.21. The van der Waals surface area contributed by atoms with E-state index in [0.717, 1.165) is 14.5 Å². The molecule has 1 fully saturated rings. The van der Waals surface area contributed by atoms with Gasteiger partial charge < -0.3 is 4.74 Å². The zero-order valence-electron chi connectivity index (χ0n) is 8.79. The number of amides is 3. The number of carbonyl (C=O) groups excluding carboxylic acids is 2. The minimum Gasteiger partial charge on any atom is -0.464 e. The average molecular weight is 374 g/mol.